The van der Waals surface area contributed by atoms with Crippen molar-refractivity contribution in [1.82, 2.24) is 14.8 Å². The van der Waals surface area contributed by atoms with Gasteiger partial charge in [0.2, 0.25) is 11.5 Å². The second kappa shape index (κ2) is 5.03. The smallest absolute Gasteiger partial charge is 0.254 e. The maximum Gasteiger partial charge on any atom is 0.254 e. The van der Waals surface area contributed by atoms with Crippen LogP contribution in [0.4, 0.5) is 0 Å². The molecule has 0 bridgehead atoms. The van der Waals surface area contributed by atoms with Crippen molar-refractivity contribution in [3.8, 4) is 0 Å². The van der Waals surface area contributed by atoms with Gasteiger partial charge in [-0.05, 0) is 12.5 Å². The number of nitrogens with zero attached hydrogens (tertiary/aromatic N) is 2. The van der Waals surface area contributed by atoms with Crippen molar-refractivity contribution in [2.24, 2.45) is 0 Å². The molecular formula is C12H15N3O3. The van der Waals surface area contributed by atoms with Gasteiger partial charge in [-0.15, -0.1) is 0 Å². The van der Waals surface area contributed by atoms with Crippen LogP contribution >= 0.6 is 0 Å². The lowest BCUT2D eigenvalue weighted by molar-refractivity contribution is -0.129. The molecule has 1 saturated heterocycles. The highest BCUT2D eigenvalue weighted by Gasteiger charge is 2.23. The molecule has 96 valence electrons. The molecule has 0 saturated carbocycles. The van der Waals surface area contributed by atoms with Crippen LogP contribution in [0.25, 0.3) is 0 Å². The van der Waals surface area contributed by atoms with E-state index in [-0.39, 0.29) is 23.9 Å². The van der Waals surface area contributed by atoms with Crippen LogP contribution in [-0.2, 0) is 4.79 Å². The summed E-state index contributed by atoms with van der Waals surface area (Å²) in [6.07, 6.45) is 2.18. The molecule has 0 aromatic carbocycles. The number of carbonyl (C=O) groups excluding carboxylic acids is 2. The van der Waals surface area contributed by atoms with Crippen molar-refractivity contribution in [2.75, 3.05) is 26.7 Å². The van der Waals surface area contributed by atoms with Crippen LogP contribution in [0.2, 0.25) is 0 Å². The Morgan fingerprint density at radius 3 is 2.83 bits per heavy atom. The van der Waals surface area contributed by atoms with Gasteiger partial charge in [-0.2, -0.15) is 0 Å². The fourth-order valence-electron chi connectivity index (χ4n) is 1.92. The summed E-state index contributed by atoms with van der Waals surface area (Å²) in [5.74, 6) is -0.351. The van der Waals surface area contributed by atoms with E-state index >= 15 is 0 Å². The lowest BCUT2D eigenvalue weighted by Crippen LogP contribution is -2.38. The predicted octanol–water partition coefficient (Wildman–Crippen LogP) is -0.321. The third-order valence-corrected chi connectivity index (χ3v) is 2.98. The van der Waals surface area contributed by atoms with E-state index in [1.54, 1.807) is 18.0 Å². The zero-order valence-corrected chi connectivity index (χ0v) is 10.2. The molecule has 1 aromatic heterocycles. The highest BCUT2D eigenvalue weighted by molar-refractivity contribution is 5.96. The van der Waals surface area contributed by atoms with Gasteiger partial charge in [-0.1, -0.05) is 0 Å². The van der Waals surface area contributed by atoms with E-state index in [1.807, 2.05) is 0 Å². The Morgan fingerprint density at radius 1 is 1.33 bits per heavy atom. The average Bonchev–Trinajstić information content (AvgIpc) is 2.51. The molecule has 1 fully saturated rings. The van der Waals surface area contributed by atoms with E-state index < -0.39 is 0 Å². The number of pyridine rings is 1. The highest BCUT2D eigenvalue weighted by Crippen LogP contribution is 2.07. The Morgan fingerprint density at radius 2 is 2.11 bits per heavy atom. The second-order valence-corrected chi connectivity index (χ2v) is 4.34. The SMILES string of the molecule is CN1CCCN(C(=O)c2cc[nH]c(=O)c2)CC1=O. The zero-order valence-electron chi connectivity index (χ0n) is 10.2. The van der Waals surface area contributed by atoms with E-state index in [0.29, 0.717) is 18.7 Å². The van der Waals surface area contributed by atoms with Crippen LogP contribution in [0, 0.1) is 0 Å². The maximum absolute atomic E-state index is 12.2. The molecule has 1 N–H and O–H groups in total. The fraction of sp³-hybridized carbons (Fsp3) is 0.417. The first kappa shape index (κ1) is 12.3. The second-order valence-electron chi connectivity index (χ2n) is 4.34. The summed E-state index contributed by atoms with van der Waals surface area (Å²) in [5.41, 5.74) is -0.00443. The number of hydrogen-bond acceptors (Lipinski definition) is 3. The topological polar surface area (TPSA) is 73.5 Å². The molecule has 6 heteroatoms. The monoisotopic (exact) mass is 249 g/mol. The Kier molecular flexibility index (Phi) is 3.45. The Bertz CT molecular complexity index is 523. The number of likely N-dealkylation sites (N-methyl/N-ethyl adjacent to an activating group) is 1. The van der Waals surface area contributed by atoms with Crippen LogP contribution in [0.5, 0.6) is 0 Å². The van der Waals surface area contributed by atoms with Crippen molar-refractivity contribution in [1.29, 1.82) is 0 Å². The van der Waals surface area contributed by atoms with E-state index in [9.17, 15) is 14.4 Å². The summed E-state index contributed by atoms with van der Waals surface area (Å²) >= 11 is 0. The van der Waals surface area contributed by atoms with Gasteiger partial charge >= 0.3 is 0 Å². The third-order valence-electron chi connectivity index (χ3n) is 2.98. The first-order chi connectivity index (χ1) is 8.58. The molecule has 0 radical (unpaired) electrons. The average molecular weight is 249 g/mol. The fourth-order valence-corrected chi connectivity index (χ4v) is 1.92. The quantitative estimate of drug-likeness (QED) is 0.741. The number of rotatable bonds is 1. The minimum absolute atomic E-state index is 0.0716. The largest absolute Gasteiger partial charge is 0.344 e. The van der Waals surface area contributed by atoms with Crippen molar-refractivity contribution in [3.05, 3.63) is 34.2 Å². The highest BCUT2D eigenvalue weighted by atomic mass is 16.2. The molecule has 0 aliphatic carbocycles. The van der Waals surface area contributed by atoms with E-state index in [1.165, 1.54) is 17.2 Å². The Hall–Kier alpha value is -2.11. The molecule has 1 aliphatic heterocycles. The lowest BCUT2D eigenvalue weighted by atomic mass is 10.2. The number of H-pyrrole nitrogens is 1. The minimum atomic E-state index is -0.320. The van der Waals surface area contributed by atoms with E-state index in [0.717, 1.165) is 6.42 Å². The van der Waals surface area contributed by atoms with E-state index in [2.05, 4.69) is 4.98 Å². The van der Waals surface area contributed by atoms with Gasteiger partial charge in [0.25, 0.3) is 5.91 Å². The summed E-state index contributed by atoms with van der Waals surface area (Å²) in [7, 11) is 1.73. The molecular weight excluding hydrogens is 234 g/mol. The summed E-state index contributed by atoms with van der Waals surface area (Å²) < 4.78 is 0. The summed E-state index contributed by atoms with van der Waals surface area (Å²) in [4.78, 5) is 40.6. The van der Waals surface area contributed by atoms with Crippen LogP contribution in [0.15, 0.2) is 23.1 Å². The summed E-state index contributed by atoms with van der Waals surface area (Å²) in [6.45, 7) is 1.25. The summed E-state index contributed by atoms with van der Waals surface area (Å²) in [6, 6.07) is 2.80. The van der Waals surface area contributed by atoms with Crippen molar-refractivity contribution in [2.45, 2.75) is 6.42 Å². The number of carbonyl (C=O) groups is 2. The lowest BCUT2D eigenvalue weighted by Gasteiger charge is -2.19. The first-order valence-electron chi connectivity index (χ1n) is 5.80. The van der Waals surface area contributed by atoms with Gasteiger partial charge in [0, 0.05) is 38.0 Å². The first-order valence-corrected chi connectivity index (χ1v) is 5.80. The predicted molar refractivity (Wildman–Crippen MR) is 65.2 cm³/mol. The number of amides is 2. The van der Waals surface area contributed by atoms with Gasteiger partial charge in [0.05, 0.1) is 0 Å². The molecule has 1 aliphatic rings. The van der Waals surface area contributed by atoms with Gasteiger partial charge in [0.15, 0.2) is 0 Å². The number of aromatic amines is 1. The number of aromatic nitrogens is 1. The number of nitrogens with one attached hydrogen (secondary N) is 1. The van der Waals surface area contributed by atoms with Crippen molar-refractivity contribution < 1.29 is 9.59 Å². The normalized spacial score (nSPS) is 16.6. The maximum atomic E-state index is 12.2. The standard InChI is InChI=1S/C12H15N3O3/c1-14-5-2-6-15(8-11(14)17)12(18)9-3-4-13-10(16)7-9/h3-4,7H,2,5-6,8H2,1H3,(H,13,16). The summed E-state index contributed by atoms with van der Waals surface area (Å²) in [5, 5.41) is 0. The molecule has 18 heavy (non-hydrogen) atoms. The molecule has 2 rings (SSSR count). The van der Waals surface area contributed by atoms with Crippen LogP contribution in [-0.4, -0.2) is 53.3 Å². The van der Waals surface area contributed by atoms with Crippen LogP contribution in [0.3, 0.4) is 0 Å². The molecule has 2 heterocycles. The van der Waals surface area contributed by atoms with Crippen molar-refractivity contribution >= 4 is 11.8 Å². The molecule has 0 unspecified atom stereocenters. The molecule has 0 atom stereocenters. The Labute approximate surface area is 104 Å². The zero-order chi connectivity index (χ0) is 13.1. The van der Waals surface area contributed by atoms with Gasteiger partial charge < -0.3 is 14.8 Å². The molecule has 2 amide bonds. The third kappa shape index (κ3) is 2.58. The Balaban J connectivity index is 2.18. The van der Waals surface area contributed by atoms with Crippen LogP contribution < -0.4 is 5.56 Å². The van der Waals surface area contributed by atoms with Crippen molar-refractivity contribution in [3.63, 3.8) is 0 Å². The van der Waals surface area contributed by atoms with Gasteiger partial charge in [0.1, 0.15) is 6.54 Å². The van der Waals surface area contributed by atoms with Gasteiger partial charge in [-0.25, -0.2) is 0 Å². The molecule has 1 aromatic rings. The number of hydrogen-bond donors (Lipinski definition) is 1. The minimum Gasteiger partial charge on any atom is -0.344 e. The molecule has 6 nitrogen and oxygen atoms in total. The molecule has 0 spiro atoms. The van der Waals surface area contributed by atoms with Gasteiger partial charge in [-0.3, -0.25) is 14.4 Å². The van der Waals surface area contributed by atoms with Crippen LogP contribution in [0.1, 0.15) is 16.8 Å². The van der Waals surface area contributed by atoms with E-state index in [4.69, 9.17) is 0 Å².